The average Bonchev–Trinajstić information content (AvgIpc) is 3.05. The van der Waals surface area contributed by atoms with Crippen molar-refractivity contribution in [1.82, 2.24) is 5.32 Å². The number of nitrogens with one attached hydrogen (secondary N) is 1. The summed E-state index contributed by atoms with van der Waals surface area (Å²) in [4.78, 5) is 25.0. The molecule has 8 nitrogen and oxygen atoms in total. The van der Waals surface area contributed by atoms with Crippen LogP contribution >= 0.6 is 0 Å². The molecule has 10 heteroatoms. The molecule has 0 saturated carbocycles. The van der Waals surface area contributed by atoms with Crippen molar-refractivity contribution in [2.45, 2.75) is 58.0 Å². The second kappa shape index (κ2) is 6.60. The van der Waals surface area contributed by atoms with Gasteiger partial charge in [-0.25, -0.2) is 9.18 Å². The highest BCUT2D eigenvalue weighted by Crippen LogP contribution is 2.41. The van der Waals surface area contributed by atoms with Crippen LogP contribution in [0.1, 0.15) is 34.6 Å². The van der Waals surface area contributed by atoms with E-state index in [0.29, 0.717) is 5.75 Å². The van der Waals surface area contributed by atoms with Crippen molar-refractivity contribution in [1.29, 1.82) is 0 Å². The maximum atomic E-state index is 15.0. The molecule has 1 aromatic rings. The standard InChI is InChI=1S/C19H24BFN2O6/c1-10(24)22-8-16-14-9-26-15-6-11(20-28-18(2,3)19(4,5)29-20)12(21)7-13(15)23(14)17(25)27-16/h6-7,14,16H,8-9H2,1-5H3,(H,22,24)/t14-,16-/m0/s1. The number of rotatable bonds is 3. The lowest BCUT2D eigenvalue weighted by Gasteiger charge is -2.32. The number of amides is 2. The third-order valence-electron chi connectivity index (χ3n) is 6.02. The first-order valence-electron chi connectivity index (χ1n) is 9.56. The van der Waals surface area contributed by atoms with E-state index in [1.165, 1.54) is 24.0 Å². The predicted octanol–water partition coefficient (Wildman–Crippen LogP) is 1.35. The lowest BCUT2D eigenvalue weighted by Crippen LogP contribution is -2.48. The Hall–Kier alpha value is -2.33. The van der Waals surface area contributed by atoms with Gasteiger partial charge in [-0.05, 0) is 33.8 Å². The molecule has 4 rings (SSSR count). The second-order valence-electron chi connectivity index (χ2n) is 8.54. The summed E-state index contributed by atoms with van der Waals surface area (Å²) in [6.07, 6.45) is -1.18. The second-order valence-corrected chi connectivity index (χ2v) is 8.54. The number of benzene rings is 1. The van der Waals surface area contributed by atoms with E-state index in [0.717, 1.165) is 0 Å². The smallest absolute Gasteiger partial charge is 0.489 e. The van der Waals surface area contributed by atoms with Crippen LogP contribution in [0.2, 0.25) is 0 Å². The van der Waals surface area contributed by atoms with Gasteiger partial charge >= 0.3 is 13.2 Å². The number of ether oxygens (including phenoxy) is 2. The molecule has 1 aromatic carbocycles. The molecule has 2 fully saturated rings. The highest BCUT2D eigenvalue weighted by molar-refractivity contribution is 6.62. The molecule has 0 aromatic heterocycles. The van der Waals surface area contributed by atoms with Gasteiger partial charge in [0.05, 0.1) is 23.4 Å². The van der Waals surface area contributed by atoms with Crippen LogP contribution in [-0.2, 0) is 18.8 Å². The highest BCUT2D eigenvalue weighted by atomic mass is 19.1. The molecule has 3 aliphatic heterocycles. The van der Waals surface area contributed by atoms with Gasteiger partial charge in [0, 0.05) is 18.5 Å². The fraction of sp³-hybridized carbons (Fsp3) is 0.579. The van der Waals surface area contributed by atoms with Crippen molar-refractivity contribution < 1.29 is 32.8 Å². The van der Waals surface area contributed by atoms with E-state index in [1.807, 2.05) is 27.7 Å². The summed E-state index contributed by atoms with van der Waals surface area (Å²) in [5, 5.41) is 2.63. The van der Waals surface area contributed by atoms with E-state index in [-0.39, 0.29) is 30.2 Å². The maximum absolute atomic E-state index is 15.0. The number of nitrogens with zero attached hydrogens (tertiary/aromatic N) is 1. The maximum Gasteiger partial charge on any atom is 0.497 e. The van der Waals surface area contributed by atoms with Gasteiger partial charge in [0.25, 0.3) is 0 Å². The predicted molar refractivity (Wildman–Crippen MR) is 103 cm³/mol. The summed E-state index contributed by atoms with van der Waals surface area (Å²) >= 11 is 0. The van der Waals surface area contributed by atoms with Gasteiger partial charge in [0.15, 0.2) is 0 Å². The average molecular weight is 406 g/mol. The summed E-state index contributed by atoms with van der Waals surface area (Å²) < 4.78 is 38.1. The van der Waals surface area contributed by atoms with Crippen LogP contribution in [0.5, 0.6) is 5.75 Å². The molecule has 0 spiro atoms. The number of hydrogen-bond acceptors (Lipinski definition) is 6. The lowest BCUT2D eigenvalue weighted by molar-refractivity contribution is -0.119. The first-order valence-corrected chi connectivity index (χ1v) is 9.56. The molecular formula is C19H24BFN2O6. The van der Waals surface area contributed by atoms with Crippen molar-refractivity contribution in [3.8, 4) is 5.75 Å². The number of hydrogen-bond donors (Lipinski definition) is 1. The number of fused-ring (bicyclic) bond motifs is 3. The van der Waals surface area contributed by atoms with Gasteiger partial charge in [-0.3, -0.25) is 9.69 Å². The zero-order chi connectivity index (χ0) is 21.1. The third-order valence-corrected chi connectivity index (χ3v) is 6.02. The van der Waals surface area contributed by atoms with Crippen molar-refractivity contribution in [3.05, 3.63) is 17.9 Å². The number of carbonyl (C=O) groups is 2. The zero-order valence-electron chi connectivity index (χ0n) is 17.1. The molecule has 3 aliphatic rings. The highest BCUT2D eigenvalue weighted by Gasteiger charge is 2.53. The summed E-state index contributed by atoms with van der Waals surface area (Å²) in [5.74, 6) is -0.441. The molecule has 3 heterocycles. The molecule has 1 N–H and O–H groups in total. The summed E-state index contributed by atoms with van der Waals surface area (Å²) in [7, 11) is -0.885. The molecule has 2 saturated heterocycles. The van der Waals surface area contributed by atoms with Gasteiger partial charge in [0.1, 0.15) is 30.3 Å². The summed E-state index contributed by atoms with van der Waals surface area (Å²) in [6.45, 7) is 9.26. The Morgan fingerprint density at radius 2 is 1.93 bits per heavy atom. The van der Waals surface area contributed by atoms with Crippen LogP contribution in [-0.4, -0.2) is 55.6 Å². The minimum Gasteiger partial charge on any atom is -0.489 e. The van der Waals surface area contributed by atoms with E-state index >= 15 is 4.39 Å². The van der Waals surface area contributed by atoms with Crippen LogP contribution in [0.3, 0.4) is 0 Å². The minimum absolute atomic E-state index is 0.162. The van der Waals surface area contributed by atoms with Crippen LogP contribution in [0, 0.1) is 5.82 Å². The first kappa shape index (κ1) is 20.0. The molecule has 0 aliphatic carbocycles. The van der Waals surface area contributed by atoms with E-state index in [2.05, 4.69) is 5.32 Å². The SMILES string of the molecule is CC(=O)NC[C@@H]1OC(=O)N2c3cc(F)c(B4OC(C)(C)C(C)(C)O4)cc3OC[C@@H]12. The molecule has 0 unspecified atom stereocenters. The van der Waals surface area contributed by atoms with Crippen molar-refractivity contribution in [3.63, 3.8) is 0 Å². The molecule has 0 radical (unpaired) electrons. The summed E-state index contributed by atoms with van der Waals surface area (Å²) in [5.41, 5.74) is -0.721. The van der Waals surface area contributed by atoms with E-state index < -0.39 is 42.4 Å². The normalized spacial score (nSPS) is 26.5. The van der Waals surface area contributed by atoms with Crippen LogP contribution in [0.4, 0.5) is 14.9 Å². The Balaban J connectivity index is 1.62. The van der Waals surface area contributed by atoms with Crippen LogP contribution in [0.25, 0.3) is 0 Å². The van der Waals surface area contributed by atoms with Gasteiger partial charge < -0.3 is 24.1 Å². The van der Waals surface area contributed by atoms with Gasteiger partial charge in [0.2, 0.25) is 5.91 Å². The quantitative estimate of drug-likeness (QED) is 0.763. The number of carbonyl (C=O) groups excluding carboxylic acids is 2. The summed E-state index contributed by atoms with van der Waals surface area (Å²) in [6, 6.07) is 2.30. The first-order chi connectivity index (χ1) is 13.5. The Morgan fingerprint density at radius 1 is 1.28 bits per heavy atom. The van der Waals surface area contributed by atoms with E-state index in [4.69, 9.17) is 18.8 Å². The van der Waals surface area contributed by atoms with Crippen molar-refractivity contribution >= 4 is 30.3 Å². The Kier molecular flexibility index (Phi) is 4.54. The van der Waals surface area contributed by atoms with Crippen molar-refractivity contribution in [2.75, 3.05) is 18.1 Å². The van der Waals surface area contributed by atoms with Gasteiger partial charge in [-0.1, -0.05) is 0 Å². The van der Waals surface area contributed by atoms with E-state index in [9.17, 15) is 9.59 Å². The van der Waals surface area contributed by atoms with Gasteiger partial charge in [-0.2, -0.15) is 0 Å². The Labute approximate surface area is 168 Å². The lowest BCUT2D eigenvalue weighted by atomic mass is 9.78. The molecule has 2 amide bonds. The Bertz CT molecular complexity index is 861. The Morgan fingerprint density at radius 3 is 2.55 bits per heavy atom. The minimum atomic E-state index is -0.885. The molecule has 29 heavy (non-hydrogen) atoms. The number of halogens is 1. The molecule has 0 bridgehead atoms. The molecule has 2 atom stereocenters. The third kappa shape index (κ3) is 3.24. The molecular weight excluding hydrogens is 382 g/mol. The topological polar surface area (TPSA) is 86.3 Å². The van der Waals surface area contributed by atoms with Gasteiger partial charge in [-0.15, -0.1) is 0 Å². The fourth-order valence-electron chi connectivity index (χ4n) is 3.64. The number of cyclic esters (lactones) is 1. The largest absolute Gasteiger partial charge is 0.497 e. The number of anilines is 1. The van der Waals surface area contributed by atoms with E-state index in [1.54, 1.807) is 0 Å². The fourth-order valence-corrected chi connectivity index (χ4v) is 3.64. The monoisotopic (exact) mass is 406 g/mol. The molecule has 156 valence electrons. The van der Waals surface area contributed by atoms with Crippen LogP contribution in [0.15, 0.2) is 12.1 Å². The van der Waals surface area contributed by atoms with Crippen molar-refractivity contribution in [2.24, 2.45) is 0 Å². The zero-order valence-corrected chi connectivity index (χ0v) is 17.1. The van der Waals surface area contributed by atoms with Crippen LogP contribution < -0.4 is 20.4 Å².